The Kier molecular flexibility index (Phi) is 5.86. The van der Waals surface area contributed by atoms with Crippen molar-refractivity contribution in [3.63, 3.8) is 0 Å². The minimum absolute atomic E-state index is 0.363. The van der Waals surface area contributed by atoms with Crippen LogP contribution in [0.2, 0.25) is 0 Å². The zero-order valence-corrected chi connectivity index (χ0v) is 14.7. The molecule has 0 heterocycles. The minimum Gasteiger partial charge on any atom is -0.378 e. The van der Waals surface area contributed by atoms with Crippen LogP contribution in [0.25, 0.3) is 0 Å². The number of hydrogen-bond acceptors (Lipinski definition) is 1. The Bertz CT molecular complexity index is 575. The zero-order chi connectivity index (χ0) is 15.2. The van der Waals surface area contributed by atoms with Crippen LogP contribution in [0.3, 0.4) is 0 Å². The largest absolute Gasteiger partial charge is 0.378 e. The molecule has 112 valence electrons. The molecule has 0 spiro atoms. The molecule has 0 saturated heterocycles. The molecule has 0 aliphatic rings. The van der Waals surface area contributed by atoms with Crippen LogP contribution >= 0.6 is 15.9 Å². The van der Waals surface area contributed by atoms with Crippen LogP contribution in [0.1, 0.15) is 49.9 Å². The second kappa shape index (κ2) is 7.65. The number of aryl methyl sites for hydroxylation is 2. The molecule has 1 N–H and O–H groups in total. The van der Waals surface area contributed by atoms with Crippen LogP contribution in [0.4, 0.5) is 5.69 Å². The van der Waals surface area contributed by atoms with Gasteiger partial charge in [0.1, 0.15) is 0 Å². The summed E-state index contributed by atoms with van der Waals surface area (Å²) in [5, 5.41) is 3.71. The third kappa shape index (κ3) is 4.10. The predicted molar refractivity (Wildman–Crippen MR) is 96.0 cm³/mol. The van der Waals surface area contributed by atoms with Crippen molar-refractivity contribution in [2.75, 3.05) is 5.32 Å². The first-order chi connectivity index (χ1) is 10.2. The molecule has 0 fully saturated rings. The normalized spacial score (nSPS) is 12.2. The second-order valence-corrected chi connectivity index (χ2v) is 6.27. The number of rotatable bonds is 6. The highest BCUT2D eigenvalue weighted by Crippen LogP contribution is 2.27. The van der Waals surface area contributed by atoms with Crippen LogP contribution in [-0.4, -0.2) is 0 Å². The van der Waals surface area contributed by atoms with Gasteiger partial charge in [0.05, 0.1) is 6.04 Å². The van der Waals surface area contributed by atoms with E-state index in [1.54, 1.807) is 0 Å². The fraction of sp³-hybridized carbons (Fsp3) is 0.368. The topological polar surface area (TPSA) is 12.0 Å². The molecule has 2 heteroatoms. The van der Waals surface area contributed by atoms with Crippen LogP contribution in [0.15, 0.2) is 46.9 Å². The third-order valence-corrected chi connectivity index (χ3v) is 4.47. The fourth-order valence-corrected chi connectivity index (χ4v) is 3.00. The van der Waals surface area contributed by atoms with Crippen molar-refractivity contribution in [2.45, 2.75) is 46.1 Å². The lowest BCUT2D eigenvalue weighted by molar-refractivity contribution is 0.747. The van der Waals surface area contributed by atoms with E-state index in [0.717, 1.165) is 23.7 Å². The molecule has 1 nitrogen and oxygen atoms in total. The molecule has 0 bridgehead atoms. The summed E-state index contributed by atoms with van der Waals surface area (Å²) >= 11 is 3.55. The highest BCUT2D eigenvalue weighted by atomic mass is 79.9. The molecule has 1 atom stereocenters. The quantitative estimate of drug-likeness (QED) is 0.663. The molecule has 2 rings (SSSR count). The van der Waals surface area contributed by atoms with E-state index >= 15 is 0 Å². The van der Waals surface area contributed by atoms with Gasteiger partial charge in [0, 0.05) is 10.2 Å². The maximum atomic E-state index is 3.71. The Morgan fingerprint density at radius 3 is 2.24 bits per heavy atom. The lowest BCUT2D eigenvalue weighted by Crippen LogP contribution is -2.11. The van der Waals surface area contributed by atoms with E-state index < -0.39 is 0 Å². The van der Waals surface area contributed by atoms with Gasteiger partial charge in [-0.05, 0) is 54.2 Å². The highest BCUT2D eigenvalue weighted by Gasteiger charge is 2.11. The van der Waals surface area contributed by atoms with Crippen molar-refractivity contribution in [3.05, 3.63) is 63.6 Å². The molecule has 0 amide bonds. The van der Waals surface area contributed by atoms with Crippen LogP contribution in [0, 0.1) is 0 Å². The van der Waals surface area contributed by atoms with E-state index in [9.17, 15) is 0 Å². The molecule has 2 aromatic carbocycles. The lowest BCUT2D eigenvalue weighted by Gasteiger charge is -2.21. The van der Waals surface area contributed by atoms with E-state index in [0.29, 0.717) is 6.04 Å². The van der Waals surface area contributed by atoms with Crippen LogP contribution < -0.4 is 5.32 Å². The Labute approximate surface area is 136 Å². The summed E-state index contributed by atoms with van der Waals surface area (Å²) in [6.07, 6.45) is 3.20. The molecular weight excluding hydrogens is 322 g/mol. The first-order valence-corrected chi connectivity index (χ1v) is 8.61. The van der Waals surface area contributed by atoms with Crippen LogP contribution in [0.5, 0.6) is 0 Å². The summed E-state index contributed by atoms with van der Waals surface area (Å²) in [6, 6.07) is 15.8. The van der Waals surface area contributed by atoms with Gasteiger partial charge in [-0.15, -0.1) is 0 Å². The maximum absolute atomic E-state index is 3.71. The first-order valence-electron chi connectivity index (χ1n) is 7.81. The molecule has 21 heavy (non-hydrogen) atoms. The van der Waals surface area contributed by atoms with Crippen molar-refractivity contribution >= 4 is 21.6 Å². The summed E-state index contributed by atoms with van der Waals surface area (Å²) in [5.41, 5.74) is 5.35. The van der Waals surface area contributed by atoms with E-state index in [1.165, 1.54) is 22.4 Å². The van der Waals surface area contributed by atoms with Crippen molar-refractivity contribution in [1.29, 1.82) is 0 Å². The summed E-state index contributed by atoms with van der Waals surface area (Å²) in [4.78, 5) is 0. The molecule has 0 aliphatic heterocycles. The number of anilines is 1. The van der Waals surface area contributed by atoms with Crippen molar-refractivity contribution in [2.24, 2.45) is 0 Å². The average Bonchev–Trinajstić information content (AvgIpc) is 2.53. The maximum Gasteiger partial charge on any atom is 0.0511 e. The third-order valence-electron chi connectivity index (χ3n) is 3.98. The molecule has 0 aliphatic carbocycles. The van der Waals surface area contributed by atoms with Crippen molar-refractivity contribution in [1.82, 2.24) is 0 Å². The SMILES string of the molecule is CCc1ccc(C(CC)Nc2ccc(Br)cc2CC)cc1. The van der Waals surface area contributed by atoms with E-state index in [1.807, 2.05) is 0 Å². The van der Waals surface area contributed by atoms with Crippen LogP contribution in [-0.2, 0) is 12.8 Å². The Morgan fingerprint density at radius 2 is 1.67 bits per heavy atom. The first kappa shape index (κ1) is 16.1. The van der Waals surface area contributed by atoms with Gasteiger partial charge in [-0.1, -0.05) is 61.0 Å². The van der Waals surface area contributed by atoms with Gasteiger partial charge in [-0.2, -0.15) is 0 Å². The molecular formula is C19H24BrN. The Morgan fingerprint density at radius 1 is 0.952 bits per heavy atom. The highest BCUT2D eigenvalue weighted by molar-refractivity contribution is 9.10. The zero-order valence-electron chi connectivity index (χ0n) is 13.1. The number of hydrogen-bond donors (Lipinski definition) is 1. The second-order valence-electron chi connectivity index (χ2n) is 5.36. The average molecular weight is 346 g/mol. The predicted octanol–water partition coefficient (Wildman–Crippen LogP) is 6.14. The van der Waals surface area contributed by atoms with Gasteiger partial charge in [-0.3, -0.25) is 0 Å². The number of halogens is 1. The fourth-order valence-electron chi connectivity index (χ4n) is 2.59. The standard InChI is InChI=1S/C19H24BrN/c1-4-14-7-9-16(10-8-14)18(6-3)21-19-12-11-17(20)13-15(19)5-2/h7-13,18,21H,4-6H2,1-3H3. The summed E-state index contributed by atoms with van der Waals surface area (Å²) in [7, 11) is 0. The van der Waals surface area contributed by atoms with Crippen molar-refractivity contribution < 1.29 is 0 Å². The molecule has 1 unspecified atom stereocenters. The Hall–Kier alpha value is -1.28. The smallest absolute Gasteiger partial charge is 0.0511 e. The van der Waals surface area contributed by atoms with E-state index in [4.69, 9.17) is 0 Å². The van der Waals surface area contributed by atoms with Gasteiger partial charge in [0.2, 0.25) is 0 Å². The summed E-state index contributed by atoms with van der Waals surface area (Å²) < 4.78 is 1.14. The Balaban J connectivity index is 2.22. The van der Waals surface area contributed by atoms with E-state index in [2.05, 4.69) is 84.5 Å². The molecule has 2 aromatic rings. The van der Waals surface area contributed by atoms with Gasteiger partial charge in [0.15, 0.2) is 0 Å². The van der Waals surface area contributed by atoms with E-state index in [-0.39, 0.29) is 0 Å². The van der Waals surface area contributed by atoms with Gasteiger partial charge in [0.25, 0.3) is 0 Å². The molecule has 0 aromatic heterocycles. The monoisotopic (exact) mass is 345 g/mol. The summed E-state index contributed by atoms with van der Waals surface area (Å²) in [5.74, 6) is 0. The minimum atomic E-state index is 0.363. The molecule has 0 saturated carbocycles. The lowest BCUT2D eigenvalue weighted by atomic mass is 10.0. The number of nitrogens with one attached hydrogen (secondary N) is 1. The number of benzene rings is 2. The van der Waals surface area contributed by atoms with Gasteiger partial charge < -0.3 is 5.32 Å². The van der Waals surface area contributed by atoms with Gasteiger partial charge >= 0.3 is 0 Å². The van der Waals surface area contributed by atoms with Crippen molar-refractivity contribution in [3.8, 4) is 0 Å². The molecule has 0 radical (unpaired) electrons. The summed E-state index contributed by atoms with van der Waals surface area (Å²) in [6.45, 7) is 6.62. The van der Waals surface area contributed by atoms with Gasteiger partial charge in [-0.25, -0.2) is 0 Å².